The third-order valence-electron chi connectivity index (χ3n) is 2.36. The van der Waals surface area contributed by atoms with Gasteiger partial charge in [-0.25, -0.2) is 4.98 Å². The van der Waals surface area contributed by atoms with Gasteiger partial charge in [0.05, 0.1) is 22.3 Å². The monoisotopic (exact) mass is 297 g/mol. The van der Waals surface area contributed by atoms with Crippen LogP contribution in [-0.4, -0.2) is 4.98 Å². The van der Waals surface area contributed by atoms with Crippen LogP contribution in [0, 0.1) is 0 Å². The molecule has 0 aliphatic rings. The van der Waals surface area contributed by atoms with Gasteiger partial charge in [-0.2, -0.15) is 26.3 Å². The Balaban J connectivity index is 2.76. The summed E-state index contributed by atoms with van der Waals surface area (Å²) in [5, 5.41) is 1.27. The molecule has 0 aliphatic heterocycles. The Morgan fingerprint density at radius 2 is 1.63 bits per heavy atom. The predicted molar refractivity (Wildman–Crippen MR) is 57.6 cm³/mol. The summed E-state index contributed by atoms with van der Waals surface area (Å²) in [5.74, 6) is 0. The van der Waals surface area contributed by atoms with Gasteiger partial charge in [0, 0.05) is 10.9 Å². The molecule has 0 fully saturated rings. The molecule has 0 atom stereocenters. The number of nitrogens with zero attached hydrogens (tertiary/aromatic N) is 1. The van der Waals surface area contributed by atoms with Crippen molar-refractivity contribution in [2.45, 2.75) is 12.4 Å². The SMILES string of the molecule is FC(F)(F)c1cccc(-c2cscn2)c1C(F)(F)F. The van der Waals surface area contributed by atoms with E-state index in [1.165, 1.54) is 10.9 Å². The van der Waals surface area contributed by atoms with Crippen molar-refractivity contribution in [1.29, 1.82) is 0 Å². The molecule has 0 unspecified atom stereocenters. The number of alkyl halides is 6. The maximum Gasteiger partial charge on any atom is 0.417 e. The van der Waals surface area contributed by atoms with Crippen molar-refractivity contribution in [3.05, 3.63) is 40.2 Å². The third-order valence-corrected chi connectivity index (χ3v) is 2.95. The van der Waals surface area contributed by atoms with E-state index in [0.717, 1.165) is 23.5 Å². The topological polar surface area (TPSA) is 12.9 Å². The van der Waals surface area contributed by atoms with Crippen LogP contribution in [0.25, 0.3) is 11.3 Å². The second kappa shape index (κ2) is 4.52. The first kappa shape index (κ1) is 13.9. The predicted octanol–water partition coefficient (Wildman–Crippen LogP) is 4.85. The minimum atomic E-state index is -5.11. The summed E-state index contributed by atoms with van der Waals surface area (Å²) in [5.41, 5.74) is -2.83. The maximum atomic E-state index is 12.9. The minimum Gasteiger partial charge on any atom is -0.245 e. The molecule has 0 saturated carbocycles. The summed E-state index contributed by atoms with van der Waals surface area (Å²) in [7, 11) is 0. The van der Waals surface area contributed by atoms with E-state index >= 15 is 0 Å². The van der Waals surface area contributed by atoms with Gasteiger partial charge in [0.1, 0.15) is 0 Å². The van der Waals surface area contributed by atoms with Gasteiger partial charge in [0.25, 0.3) is 0 Å². The molecule has 2 rings (SSSR count). The van der Waals surface area contributed by atoms with Crippen LogP contribution in [0.4, 0.5) is 26.3 Å². The lowest BCUT2D eigenvalue weighted by atomic mass is 9.98. The van der Waals surface area contributed by atoms with Gasteiger partial charge < -0.3 is 0 Å². The van der Waals surface area contributed by atoms with Crippen LogP contribution in [0.1, 0.15) is 11.1 Å². The van der Waals surface area contributed by atoms with Gasteiger partial charge in [-0.15, -0.1) is 11.3 Å². The first-order valence-electron chi connectivity index (χ1n) is 4.87. The molecule has 2 aromatic rings. The number of hydrogen-bond donors (Lipinski definition) is 0. The fourth-order valence-electron chi connectivity index (χ4n) is 1.65. The van der Waals surface area contributed by atoms with Crippen LogP contribution in [0.3, 0.4) is 0 Å². The van der Waals surface area contributed by atoms with E-state index in [0.29, 0.717) is 6.07 Å². The van der Waals surface area contributed by atoms with Gasteiger partial charge in [-0.1, -0.05) is 12.1 Å². The van der Waals surface area contributed by atoms with E-state index in [1.54, 1.807) is 0 Å². The normalized spacial score (nSPS) is 12.7. The molecule has 0 aliphatic carbocycles. The summed E-state index contributed by atoms with van der Waals surface area (Å²) in [4.78, 5) is 3.63. The van der Waals surface area contributed by atoms with Gasteiger partial charge in [-0.05, 0) is 6.07 Å². The highest BCUT2D eigenvalue weighted by Crippen LogP contribution is 2.44. The van der Waals surface area contributed by atoms with Crippen molar-refractivity contribution in [1.82, 2.24) is 4.98 Å². The van der Waals surface area contributed by atoms with Crippen LogP contribution >= 0.6 is 11.3 Å². The highest BCUT2D eigenvalue weighted by Gasteiger charge is 2.45. The molecule has 0 spiro atoms. The quantitative estimate of drug-likeness (QED) is 0.686. The van der Waals surface area contributed by atoms with Crippen LogP contribution in [0.15, 0.2) is 29.1 Å². The van der Waals surface area contributed by atoms with E-state index in [1.807, 2.05) is 0 Å². The highest BCUT2D eigenvalue weighted by molar-refractivity contribution is 7.07. The fourth-order valence-corrected chi connectivity index (χ4v) is 2.20. The van der Waals surface area contributed by atoms with Gasteiger partial charge in [0.15, 0.2) is 0 Å². The van der Waals surface area contributed by atoms with Crippen LogP contribution in [0.2, 0.25) is 0 Å². The highest BCUT2D eigenvalue weighted by atomic mass is 32.1. The van der Waals surface area contributed by atoms with E-state index in [4.69, 9.17) is 0 Å². The zero-order valence-electron chi connectivity index (χ0n) is 9.01. The third kappa shape index (κ3) is 2.73. The molecule has 0 saturated heterocycles. The lowest BCUT2D eigenvalue weighted by Crippen LogP contribution is -2.17. The second-order valence-electron chi connectivity index (χ2n) is 3.60. The Kier molecular flexibility index (Phi) is 3.29. The van der Waals surface area contributed by atoms with E-state index in [9.17, 15) is 26.3 Å². The average Bonchev–Trinajstić information content (AvgIpc) is 2.79. The Morgan fingerprint density at radius 1 is 0.947 bits per heavy atom. The fraction of sp³-hybridized carbons (Fsp3) is 0.182. The minimum absolute atomic E-state index is 0.122. The summed E-state index contributed by atoms with van der Waals surface area (Å²) in [6.07, 6.45) is -10.2. The van der Waals surface area contributed by atoms with Crippen molar-refractivity contribution in [2.24, 2.45) is 0 Å². The molecule has 102 valence electrons. The molecule has 1 aromatic carbocycles. The Labute approximate surface area is 107 Å². The number of aromatic nitrogens is 1. The summed E-state index contributed by atoms with van der Waals surface area (Å²) < 4.78 is 76.8. The number of benzene rings is 1. The van der Waals surface area contributed by atoms with Crippen LogP contribution in [-0.2, 0) is 12.4 Å². The standard InChI is InChI=1S/C11H5F6NS/c12-10(13,14)7-3-1-2-6(8-4-19-5-18-8)9(7)11(15,16)17/h1-5H. The van der Waals surface area contributed by atoms with Crippen molar-refractivity contribution >= 4 is 11.3 Å². The molecule has 0 radical (unpaired) electrons. The van der Waals surface area contributed by atoms with Crippen LogP contribution < -0.4 is 0 Å². The van der Waals surface area contributed by atoms with Crippen molar-refractivity contribution in [3.8, 4) is 11.3 Å². The first-order chi connectivity index (χ1) is 8.71. The largest absolute Gasteiger partial charge is 0.417 e. The summed E-state index contributed by atoms with van der Waals surface area (Å²) in [6, 6.07) is 2.33. The average molecular weight is 297 g/mol. The Bertz CT molecular complexity index is 570. The molecule has 1 nitrogen and oxygen atoms in total. The second-order valence-corrected chi connectivity index (χ2v) is 4.32. The lowest BCUT2D eigenvalue weighted by molar-refractivity contribution is -0.161. The number of hydrogen-bond acceptors (Lipinski definition) is 2. The van der Waals surface area contributed by atoms with E-state index in [2.05, 4.69) is 4.98 Å². The lowest BCUT2D eigenvalue weighted by Gasteiger charge is -2.18. The maximum absolute atomic E-state index is 12.9. The molecular weight excluding hydrogens is 292 g/mol. The Hall–Kier alpha value is -1.57. The van der Waals surface area contributed by atoms with Crippen molar-refractivity contribution in [3.63, 3.8) is 0 Å². The van der Waals surface area contributed by atoms with Gasteiger partial charge in [0.2, 0.25) is 0 Å². The summed E-state index contributed by atoms with van der Waals surface area (Å²) >= 11 is 1.01. The smallest absolute Gasteiger partial charge is 0.245 e. The van der Waals surface area contributed by atoms with Crippen molar-refractivity contribution in [2.75, 3.05) is 0 Å². The molecular formula is C11H5F6NS. The number of thiazole rings is 1. The molecule has 19 heavy (non-hydrogen) atoms. The first-order valence-corrected chi connectivity index (χ1v) is 5.81. The molecule has 1 aromatic heterocycles. The molecule has 8 heteroatoms. The molecule has 1 heterocycles. The van der Waals surface area contributed by atoms with E-state index in [-0.39, 0.29) is 5.69 Å². The van der Waals surface area contributed by atoms with Gasteiger partial charge >= 0.3 is 12.4 Å². The molecule has 0 amide bonds. The number of rotatable bonds is 1. The van der Waals surface area contributed by atoms with Crippen molar-refractivity contribution < 1.29 is 26.3 Å². The molecule has 0 N–H and O–H groups in total. The zero-order chi connectivity index (χ0) is 14.3. The number of halogens is 6. The summed E-state index contributed by atoms with van der Waals surface area (Å²) in [6.45, 7) is 0. The molecule has 0 bridgehead atoms. The van der Waals surface area contributed by atoms with E-state index < -0.39 is 29.0 Å². The zero-order valence-corrected chi connectivity index (χ0v) is 9.83. The van der Waals surface area contributed by atoms with Crippen LogP contribution in [0.5, 0.6) is 0 Å². The van der Waals surface area contributed by atoms with Gasteiger partial charge in [-0.3, -0.25) is 0 Å². The Morgan fingerprint density at radius 3 is 2.11 bits per heavy atom.